The van der Waals surface area contributed by atoms with Crippen molar-refractivity contribution < 1.29 is 14.2 Å². The summed E-state index contributed by atoms with van der Waals surface area (Å²) in [5, 5.41) is 10.2. The van der Waals surface area contributed by atoms with Gasteiger partial charge in [0.15, 0.2) is 0 Å². The average molecular weight is 339 g/mol. The third kappa shape index (κ3) is 4.05. The molecule has 0 saturated carbocycles. The van der Waals surface area contributed by atoms with Crippen LogP contribution in [0.5, 0.6) is 5.75 Å². The van der Waals surface area contributed by atoms with Gasteiger partial charge >= 0.3 is 0 Å². The van der Waals surface area contributed by atoms with Crippen LogP contribution in [0.3, 0.4) is 0 Å². The second-order valence-corrected chi connectivity index (χ2v) is 5.50. The number of hydrogen-bond acceptors (Lipinski definition) is 2. The highest BCUT2D eigenvalue weighted by Crippen LogP contribution is 2.24. The van der Waals surface area contributed by atoms with E-state index in [9.17, 15) is 9.50 Å². The van der Waals surface area contributed by atoms with E-state index in [2.05, 4.69) is 15.9 Å². The number of rotatable bonds is 5. The first-order valence-corrected chi connectivity index (χ1v) is 7.12. The van der Waals surface area contributed by atoms with Crippen molar-refractivity contribution in [2.75, 3.05) is 7.11 Å². The van der Waals surface area contributed by atoms with Crippen LogP contribution in [0.4, 0.5) is 4.39 Å². The molecule has 0 saturated heterocycles. The van der Waals surface area contributed by atoms with E-state index in [0.29, 0.717) is 12.8 Å². The maximum Gasteiger partial charge on any atom is 0.123 e. The van der Waals surface area contributed by atoms with Crippen molar-refractivity contribution in [2.45, 2.75) is 18.9 Å². The highest BCUT2D eigenvalue weighted by atomic mass is 79.9. The molecule has 2 aromatic rings. The Morgan fingerprint density at radius 1 is 1.15 bits per heavy atom. The van der Waals surface area contributed by atoms with Gasteiger partial charge in [-0.25, -0.2) is 4.39 Å². The van der Waals surface area contributed by atoms with Crippen LogP contribution >= 0.6 is 15.9 Å². The van der Waals surface area contributed by atoms with Gasteiger partial charge in [-0.15, -0.1) is 0 Å². The Kier molecular flexibility index (Phi) is 5.15. The van der Waals surface area contributed by atoms with Crippen LogP contribution < -0.4 is 4.74 Å². The van der Waals surface area contributed by atoms with E-state index < -0.39 is 6.10 Å². The SMILES string of the molecule is COc1ccc(Br)c(CC(O)Cc2ccc(F)cc2)c1. The standard InChI is InChI=1S/C16H16BrFO2/c1-20-15-6-7-16(17)12(10-15)9-14(19)8-11-2-4-13(18)5-3-11/h2-7,10,14,19H,8-9H2,1H3. The Hall–Kier alpha value is -1.39. The topological polar surface area (TPSA) is 29.5 Å². The fourth-order valence-corrected chi connectivity index (χ4v) is 2.46. The molecule has 0 aromatic heterocycles. The van der Waals surface area contributed by atoms with E-state index in [4.69, 9.17) is 4.74 Å². The van der Waals surface area contributed by atoms with E-state index >= 15 is 0 Å². The van der Waals surface area contributed by atoms with E-state index in [1.54, 1.807) is 19.2 Å². The molecule has 0 aliphatic heterocycles. The van der Waals surface area contributed by atoms with Gasteiger partial charge in [0.25, 0.3) is 0 Å². The van der Waals surface area contributed by atoms with Crippen molar-refractivity contribution in [3.05, 3.63) is 63.9 Å². The van der Waals surface area contributed by atoms with Crippen molar-refractivity contribution in [2.24, 2.45) is 0 Å². The molecule has 0 aliphatic carbocycles. The zero-order valence-corrected chi connectivity index (χ0v) is 12.7. The van der Waals surface area contributed by atoms with Gasteiger partial charge in [0, 0.05) is 4.47 Å². The third-order valence-corrected chi connectivity index (χ3v) is 3.87. The molecule has 4 heteroatoms. The molecule has 0 heterocycles. The van der Waals surface area contributed by atoms with Gasteiger partial charge in [-0.2, -0.15) is 0 Å². The lowest BCUT2D eigenvalue weighted by molar-refractivity contribution is 0.175. The zero-order valence-electron chi connectivity index (χ0n) is 11.1. The van der Waals surface area contributed by atoms with Crippen LogP contribution in [0.1, 0.15) is 11.1 Å². The second-order valence-electron chi connectivity index (χ2n) is 4.65. The van der Waals surface area contributed by atoms with Gasteiger partial charge in [-0.05, 0) is 54.3 Å². The molecule has 0 amide bonds. The molecule has 1 N–H and O–H groups in total. The van der Waals surface area contributed by atoms with Gasteiger partial charge < -0.3 is 9.84 Å². The molecule has 2 rings (SSSR count). The quantitative estimate of drug-likeness (QED) is 0.899. The van der Waals surface area contributed by atoms with Gasteiger partial charge in [-0.1, -0.05) is 28.1 Å². The first-order chi connectivity index (χ1) is 9.58. The van der Waals surface area contributed by atoms with Crippen molar-refractivity contribution in [3.8, 4) is 5.75 Å². The number of aliphatic hydroxyl groups excluding tert-OH is 1. The number of benzene rings is 2. The van der Waals surface area contributed by atoms with Crippen LogP contribution in [0, 0.1) is 5.82 Å². The van der Waals surface area contributed by atoms with E-state index in [0.717, 1.165) is 21.3 Å². The summed E-state index contributed by atoms with van der Waals surface area (Å²) in [6, 6.07) is 11.9. The normalized spacial score (nSPS) is 12.2. The Labute approximate surface area is 126 Å². The van der Waals surface area contributed by atoms with Gasteiger partial charge in [-0.3, -0.25) is 0 Å². The number of aliphatic hydroxyl groups is 1. The summed E-state index contributed by atoms with van der Waals surface area (Å²) < 4.78 is 18.9. The highest BCUT2D eigenvalue weighted by molar-refractivity contribution is 9.10. The van der Waals surface area contributed by atoms with Crippen LogP contribution in [-0.2, 0) is 12.8 Å². The maximum atomic E-state index is 12.8. The predicted molar refractivity (Wildman–Crippen MR) is 80.5 cm³/mol. The van der Waals surface area contributed by atoms with E-state index in [-0.39, 0.29) is 5.82 Å². The lowest BCUT2D eigenvalue weighted by atomic mass is 10.0. The Morgan fingerprint density at radius 2 is 1.85 bits per heavy atom. The molecular weight excluding hydrogens is 323 g/mol. The molecule has 0 spiro atoms. The molecular formula is C16H16BrFO2. The fraction of sp³-hybridized carbons (Fsp3) is 0.250. The minimum Gasteiger partial charge on any atom is -0.497 e. The van der Waals surface area contributed by atoms with Crippen LogP contribution in [-0.4, -0.2) is 18.3 Å². The summed E-state index contributed by atoms with van der Waals surface area (Å²) >= 11 is 3.47. The second kappa shape index (κ2) is 6.86. The molecule has 2 aromatic carbocycles. The number of halogens is 2. The fourth-order valence-electron chi connectivity index (χ4n) is 2.05. The molecule has 0 aliphatic rings. The summed E-state index contributed by atoms with van der Waals surface area (Å²) in [6.07, 6.45) is 0.475. The first-order valence-electron chi connectivity index (χ1n) is 6.33. The zero-order chi connectivity index (χ0) is 14.5. The minimum absolute atomic E-state index is 0.265. The Morgan fingerprint density at radius 3 is 2.50 bits per heavy atom. The molecule has 0 radical (unpaired) electrons. The molecule has 106 valence electrons. The van der Waals surface area contributed by atoms with Crippen molar-refractivity contribution >= 4 is 15.9 Å². The summed E-state index contributed by atoms with van der Waals surface area (Å²) in [6.45, 7) is 0. The monoisotopic (exact) mass is 338 g/mol. The van der Waals surface area contributed by atoms with Gasteiger partial charge in [0.1, 0.15) is 11.6 Å². The molecule has 1 atom stereocenters. The van der Waals surface area contributed by atoms with Crippen LogP contribution in [0.25, 0.3) is 0 Å². The number of methoxy groups -OCH3 is 1. The maximum absolute atomic E-state index is 12.8. The lowest BCUT2D eigenvalue weighted by Gasteiger charge is -2.13. The Bertz CT molecular complexity index is 569. The predicted octanol–water partition coefficient (Wildman–Crippen LogP) is 3.74. The summed E-state index contributed by atoms with van der Waals surface area (Å²) in [5.74, 6) is 0.496. The summed E-state index contributed by atoms with van der Waals surface area (Å²) in [5.41, 5.74) is 1.90. The smallest absolute Gasteiger partial charge is 0.123 e. The number of ether oxygens (including phenoxy) is 1. The summed E-state index contributed by atoms with van der Waals surface area (Å²) in [7, 11) is 1.61. The molecule has 0 bridgehead atoms. The van der Waals surface area contributed by atoms with E-state index in [1.165, 1.54) is 12.1 Å². The van der Waals surface area contributed by atoms with Crippen LogP contribution in [0.2, 0.25) is 0 Å². The van der Waals surface area contributed by atoms with Crippen molar-refractivity contribution in [1.82, 2.24) is 0 Å². The molecule has 1 unspecified atom stereocenters. The highest BCUT2D eigenvalue weighted by Gasteiger charge is 2.10. The lowest BCUT2D eigenvalue weighted by Crippen LogP contribution is -2.14. The minimum atomic E-state index is -0.524. The van der Waals surface area contributed by atoms with E-state index in [1.807, 2.05) is 18.2 Å². The number of hydrogen-bond donors (Lipinski definition) is 1. The molecule has 20 heavy (non-hydrogen) atoms. The summed E-state index contributed by atoms with van der Waals surface area (Å²) in [4.78, 5) is 0. The van der Waals surface area contributed by atoms with Gasteiger partial charge in [0.05, 0.1) is 13.2 Å². The first kappa shape index (κ1) is 15.0. The molecule has 0 fully saturated rings. The van der Waals surface area contributed by atoms with Crippen molar-refractivity contribution in [3.63, 3.8) is 0 Å². The molecule has 2 nitrogen and oxygen atoms in total. The largest absolute Gasteiger partial charge is 0.497 e. The Balaban J connectivity index is 2.04. The van der Waals surface area contributed by atoms with Gasteiger partial charge in [0.2, 0.25) is 0 Å². The average Bonchev–Trinajstić information content (AvgIpc) is 2.44. The van der Waals surface area contributed by atoms with Crippen LogP contribution in [0.15, 0.2) is 46.9 Å². The van der Waals surface area contributed by atoms with Crippen molar-refractivity contribution in [1.29, 1.82) is 0 Å². The third-order valence-electron chi connectivity index (χ3n) is 3.09.